The number of benzene rings is 1. The maximum Gasteiger partial charge on any atom is 0.251 e. The van der Waals surface area contributed by atoms with Crippen LogP contribution in [0.3, 0.4) is 0 Å². The lowest BCUT2D eigenvalue weighted by Crippen LogP contribution is -2.63. The van der Waals surface area contributed by atoms with Crippen molar-refractivity contribution in [2.45, 2.75) is 6.04 Å². The molecule has 1 amide bonds. The summed E-state index contributed by atoms with van der Waals surface area (Å²) in [7, 11) is 0. The van der Waals surface area contributed by atoms with Gasteiger partial charge in [0.25, 0.3) is 5.91 Å². The van der Waals surface area contributed by atoms with Gasteiger partial charge in [-0.15, -0.1) is 0 Å². The minimum Gasteiger partial charge on any atom is -0.350 e. The third kappa shape index (κ3) is 2.67. The monoisotopic (exact) mass is 270 g/mol. The molecule has 0 aromatic heterocycles. The molecule has 2 bridgehead atoms. The van der Waals surface area contributed by atoms with E-state index < -0.39 is 0 Å². The number of amides is 1. The van der Waals surface area contributed by atoms with E-state index in [2.05, 4.69) is 21.2 Å². The zero-order valence-corrected chi connectivity index (χ0v) is 11.4. The van der Waals surface area contributed by atoms with Crippen molar-refractivity contribution in [2.24, 2.45) is 0 Å². The number of carbonyl (C=O) groups excluding carboxylic acids is 1. The van der Waals surface area contributed by atoms with Crippen LogP contribution in [0.2, 0.25) is 0 Å². The highest BCUT2D eigenvalue weighted by atomic mass is 16.1. The van der Waals surface area contributed by atoms with Crippen molar-refractivity contribution in [3.05, 3.63) is 35.4 Å². The Balaban J connectivity index is 1.55. The van der Waals surface area contributed by atoms with E-state index in [0.29, 0.717) is 23.7 Å². The van der Waals surface area contributed by atoms with Crippen molar-refractivity contribution in [3.63, 3.8) is 0 Å². The van der Waals surface area contributed by atoms with Gasteiger partial charge in [-0.1, -0.05) is 0 Å². The van der Waals surface area contributed by atoms with E-state index in [-0.39, 0.29) is 5.91 Å². The van der Waals surface area contributed by atoms with Crippen molar-refractivity contribution in [3.8, 4) is 6.07 Å². The van der Waals surface area contributed by atoms with Gasteiger partial charge in [0.05, 0.1) is 11.6 Å². The van der Waals surface area contributed by atoms with Crippen LogP contribution in [0.5, 0.6) is 0 Å². The number of piperazine rings is 3. The average Bonchev–Trinajstić information content (AvgIpc) is 2.54. The molecule has 0 radical (unpaired) electrons. The second kappa shape index (κ2) is 5.61. The highest BCUT2D eigenvalue weighted by Crippen LogP contribution is 2.15. The summed E-state index contributed by atoms with van der Waals surface area (Å²) >= 11 is 0. The van der Waals surface area contributed by atoms with E-state index in [0.717, 1.165) is 32.7 Å². The number of nitrogens with one attached hydrogen (secondary N) is 1. The third-order valence-electron chi connectivity index (χ3n) is 4.17. The van der Waals surface area contributed by atoms with E-state index in [4.69, 9.17) is 5.26 Å². The number of hydrogen-bond donors (Lipinski definition) is 1. The summed E-state index contributed by atoms with van der Waals surface area (Å²) in [6.45, 7) is 6.26. The summed E-state index contributed by atoms with van der Waals surface area (Å²) in [5.74, 6) is -0.0628. The summed E-state index contributed by atoms with van der Waals surface area (Å²) in [4.78, 5) is 17.0. The molecule has 1 N–H and O–H groups in total. The van der Waals surface area contributed by atoms with Gasteiger partial charge in [0, 0.05) is 50.9 Å². The molecule has 3 aliphatic heterocycles. The fraction of sp³-hybridized carbons (Fsp3) is 0.467. The number of nitrogens with zero attached hydrogens (tertiary/aromatic N) is 3. The fourth-order valence-electron chi connectivity index (χ4n) is 2.93. The fourth-order valence-corrected chi connectivity index (χ4v) is 2.93. The van der Waals surface area contributed by atoms with Crippen LogP contribution in [-0.4, -0.2) is 61.0 Å². The molecule has 0 aliphatic carbocycles. The second-order valence-electron chi connectivity index (χ2n) is 5.39. The lowest BCUT2D eigenvalue weighted by atomic mass is 10.1. The van der Waals surface area contributed by atoms with Crippen LogP contribution in [0.1, 0.15) is 15.9 Å². The first-order chi connectivity index (χ1) is 9.76. The molecular formula is C15H18N4O. The van der Waals surface area contributed by atoms with Crippen molar-refractivity contribution in [1.29, 1.82) is 5.26 Å². The summed E-state index contributed by atoms with van der Waals surface area (Å²) in [5, 5.41) is 11.7. The smallest absolute Gasteiger partial charge is 0.251 e. The molecule has 0 spiro atoms. The van der Waals surface area contributed by atoms with Gasteiger partial charge < -0.3 is 5.32 Å². The molecule has 1 aromatic rings. The summed E-state index contributed by atoms with van der Waals surface area (Å²) in [5.41, 5.74) is 1.19. The van der Waals surface area contributed by atoms with E-state index >= 15 is 0 Å². The van der Waals surface area contributed by atoms with Crippen molar-refractivity contribution < 1.29 is 4.79 Å². The van der Waals surface area contributed by atoms with Crippen LogP contribution < -0.4 is 5.32 Å². The molecule has 1 atom stereocenters. The Hall–Kier alpha value is -1.90. The first kappa shape index (κ1) is 13.1. The van der Waals surface area contributed by atoms with Crippen LogP contribution in [0.4, 0.5) is 0 Å². The van der Waals surface area contributed by atoms with Crippen LogP contribution in [0, 0.1) is 11.3 Å². The predicted molar refractivity (Wildman–Crippen MR) is 75.3 cm³/mol. The van der Waals surface area contributed by atoms with E-state index in [1.165, 1.54) is 0 Å². The Morgan fingerprint density at radius 1 is 1.25 bits per heavy atom. The van der Waals surface area contributed by atoms with Crippen LogP contribution in [0.15, 0.2) is 24.3 Å². The highest BCUT2D eigenvalue weighted by molar-refractivity contribution is 5.94. The largest absolute Gasteiger partial charge is 0.350 e. The molecule has 104 valence electrons. The van der Waals surface area contributed by atoms with Gasteiger partial charge in [-0.05, 0) is 24.3 Å². The number of hydrogen-bond acceptors (Lipinski definition) is 4. The number of fused-ring (bicyclic) bond motifs is 3. The van der Waals surface area contributed by atoms with Gasteiger partial charge in [0.15, 0.2) is 0 Å². The summed E-state index contributed by atoms with van der Waals surface area (Å²) in [6, 6.07) is 9.23. The van der Waals surface area contributed by atoms with Gasteiger partial charge in [-0.25, -0.2) is 0 Å². The van der Waals surface area contributed by atoms with E-state index in [1.54, 1.807) is 24.3 Å². The van der Waals surface area contributed by atoms with Gasteiger partial charge in [-0.2, -0.15) is 5.26 Å². The Bertz CT molecular complexity index is 526. The zero-order chi connectivity index (χ0) is 13.9. The van der Waals surface area contributed by atoms with Gasteiger partial charge in [0.1, 0.15) is 0 Å². The normalized spacial score (nSPS) is 27.9. The van der Waals surface area contributed by atoms with Gasteiger partial charge >= 0.3 is 0 Å². The minimum absolute atomic E-state index is 0.0628. The second-order valence-corrected chi connectivity index (χ2v) is 5.39. The molecule has 1 aromatic carbocycles. The first-order valence-electron chi connectivity index (χ1n) is 7.01. The molecule has 3 aliphatic rings. The van der Waals surface area contributed by atoms with Crippen molar-refractivity contribution in [1.82, 2.24) is 15.1 Å². The molecule has 5 heteroatoms. The zero-order valence-electron chi connectivity index (χ0n) is 11.4. The molecule has 5 nitrogen and oxygen atoms in total. The molecule has 20 heavy (non-hydrogen) atoms. The van der Waals surface area contributed by atoms with Crippen molar-refractivity contribution >= 4 is 5.91 Å². The molecule has 3 saturated heterocycles. The Morgan fingerprint density at radius 2 is 1.95 bits per heavy atom. The molecule has 3 heterocycles. The lowest BCUT2D eigenvalue weighted by molar-refractivity contribution is 0.0138. The maximum absolute atomic E-state index is 12.1. The van der Waals surface area contributed by atoms with Gasteiger partial charge in [0.2, 0.25) is 0 Å². The summed E-state index contributed by atoms with van der Waals surface area (Å²) < 4.78 is 0. The topological polar surface area (TPSA) is 59.4 Å². The van der Waals surface area contributed by atoms with Crippen molar-refractivity contribution in [2.75, 3.05) is 39.3 Å². The Labute approximate surface area is 118 Å². The van der Waals surface area contributed by atoms with Crippen LogP contribution >= 0.6 is 0 Å². The van der Waals surface area contributed by atoms with Gasteiger partial charge in [-0.3, -0.25) is 14.6 Å². The van der Waals surface area contributed by atoms with Crippen LogP contribution in [0.25, 0.3) is 0 Å². The van der Waals surface area contributed by atoms with Crippen LogP contribution in [-0.2, 0) is 0 Å². The molecule has 0 saturated carbocycles. The lowest BCUT2D eigenvalue weighted by Gasteiger charge is -2.47. The average molecular weight is 270 g/mol. The van der Waals surface area contributed by atoms with E-state index in [1.807, 2.05) is 0 Å². The number of rotatable bonds is 3. The quantitative estimate of drug-likeness (QED) is 0.857. The number of carbonyl (C=O) groups is 1. The SMILES string of the molecule is N#Cc1ccc(C(=O)NCC2CN3CCN2CC3)cc1. The first-order valence-corrected chi connectivity index (χ1v) is 7.01. The number of nitriles is 1. The molecule has 3 fully saturated rings. The summed E-state index contributed by atoms with van der Waals surface area (Å²) in [6.07, 6.45) is 0. The third-order valence-corrected chi connectivity index (χ3v) is 4.17. The minimum atomic E-state index is -0.0628. The maximum atomic E-state index is 12.1. The van der Waals surface area contributed by atoms with E-state index in [9.17, 15) is 4.79 Å². The Morgan fingerprint density at radius 3 is 2.50 bits per heavy atom. The molecule has 4 rings (SSSR count). The highest BCUT2D eigenvalue weighted by Gasteiger charge is 2.31. The molecular weight excluding hydrogens is 252 g/mol. The molecule has 1 unspecified atom stereocenters. The predicted octanol–water partition coefficient (Wildman–Crippen LogP) is 0.288. The Kier molecular flexibility index (Phi) is 3.68. The standard InChI is InChI=1S/C15H18N4O/c16-9-12-1-3-13(4-2-12)15(20)17-10-14-11-18-5-7-19(14)8-6-18/h1-4,14H,5-8,10-11H2,(H,17,20).